The molecule has 4 rings (SSSR count). The Labute approximate surface area is 179 Å². The first kappa shape index (κ1) is 20.6. The molecule has 5 nitrogen and oxygen atoms in total. The van der Waals surface area contributed by atoms with Crippen molar-refractivity contribution in [2.75, 3.05) is 13.2 Å². The second-order valence-electron chi connectivity index (χ2n) is 6.75. The molecule has 3 aromatic rings. The van der Waals surface area contributed by atoms with Crippen molar-refractivity contribution in [2.24, 2.45) is 0 Å². The molecule has 0 saturated heterocycles. The highest BCUT2D eigenvalue weighted by Crippen LogP contribution is 2.37. The molecule has 1 unspecified atom stereocenters. The van der Waals surface area contributed by atoms with Crippen LogP contribution in [0.25, 0.3) is 0 Å². The molecular weight excluding hydrogens is 418 g/mol. The van der Waals surface area contributed by atoms with Crippen LogP contribution in [0.3, 0.4) is 0 Å². The van der Waals surface area contributed by atoms with E-state index in [2.05, 4.69) is 10.6 Å². The van der Waals surface area contributed by atoms with Crippen LogP contribution >= 0.6 is 11.8 Å². The molecule has 0 fully saturated rings. The summed E-state index contributed by atoms with van der Waals surface area (Å²) >= 11 is 1.37. The predicted octanol–water partition coefficient (Wildman–Crippen LogP) is 3.19. The summed E-state index contributed by atoms with van der Waals surface area (Å²) in [5.74, 6) is 3.40. The summed E-state index contributed by atoms with van der Waals surface area (Å²) in [5.41, 5.74) is 1.68. The third-order valence-electron chi connectivity index (χ3n) is 4.79. The minimum Gasteiger partial charge on any atom is -0.395 e. The third kappa shape index (κ3) is 3.73. The third-order valence-corrected chi connectivity index (χ3v) is 7.57. The Balaban J connectivity index is 1.66. The van der Waals surface area contributed by atoms with Crippen molar-refractivity contribution in [1.29, 1.82) is 0 Å². The van der Waals surface area contributed by atoms with Crippen LogP contribution < -0.4 is 4.72 Å². The first-order valence-electron chi connectivity index (χ1n) is 9.24. The van der Waals surface area contributed by atoms with Crippen molar-refractivity contribution in [3.05, 3.63) is 89.0 Å². The molecule has 0 bridgehead atoms. The molecule has 0 heterocycles. The van der Waals surface area contributed by atoms with Gasteiger partial charge in [-0.2, -0.15) is 0 Å². The summed E-state index contributed by atoms with van der Waals surface area (Å²) in [5, 5.41) is 8.91. The molecule has 0 spiro atoms. The van der Waals surface area contributed by atoms with Crippen LogP contribution in [-0.4, -0.2) is 39.9 Å². The molecule has 30 heavy (non-hydrogen) atoms. The number of carbonyl (C=O) groups excluding carboxylic acids is 2. The molecule has 1 atom stereocenters. The maximum Gasteiger partial charge on any atom is 0.195 e. The fraction of sp³-hybridized carbons (Fsp3) is 0.0870. The number of benzene rings is 3. The van der Waals surface area contributed by atoms with Crippen molar-refractivity contribution >= 4 is 38.9 Å². The Bertz CT molecular complexity index is 1250. The van der Waals surface area contributed by atoms with Gasteiger partial charge in [-0.15, -0.1) is 0 Å². The molecule has 1 aliphatic carbocycles. The minimum absolute atomic E-state index is 0.130. The number of aliphatic hydroxyl groups excluding tert-OH is 1. The Kier molecular flexibility index (Phi) is 5.62. The number of aliphatic hydroxyl groups is 1. The lowest BCUT2D eigenvalue weighted by atomic mass is 9.84. The Hall–Kier alpha value is -2.71. The number of nitrogens with one attached hydrogen (secondary N) is 1. The van der Waals surface area contributed by atoms with E-state index in [1.807, 2.05) is 6.07 Å². The van der Waals surface area contributed by atoms with Crippen LogP contribution in [0, 0.1) is 0 Å². The summed E-state index contributed by atoms with van der Waals surface area (Å²) in [6, 6.07) is 19.2. The van der Waals surface area contributed by atoms with E-state index in [1.165, 1.54) is 11.8 Å². The normalized spacial score (nSPS) is 14.7. The lowest BCUT2D eigenvalue weighted by Crippen LogP contribution is -2.26. The van der Waals surface area contributed by atoms with Crippen molar-refractivity contribution in [3.8, 4) is 0 Å². The van der Waals surface area contributed by atoms with E-state index >= 15 is 0 Å². The lowest BCUT2D eigenvalue weighted by molar-refractivity contribution is 0.0977. The van der Waals surface area contributed by atoms with Crippen molar-refractivity contribution in [2.45, 2.75) is 14.7 Å². The molecule has 152 valence electrons. The molecule has 0 amide bonds. The van der Waals surface area contributed by atoms with Gasteiger partial charge in [0.05, 0.1) is 16.3 Å². The van der Waals surface area contributed by atoms with E-state index in [-0.39, 0.29) is 24.7 Å². The number of hydrogen-bond donors (Lipinski definition) is 2. The number of ketones is 2. The Morgan fingerprint density at radius 1 is 0.867 bits per heavy atom. The molecule has 0 aliphatic heterocycles. The monoisotopic (exact) mass is 437 g/mol. The van der Waals surface area contributed by atoms with E-state index in [4.69, 9.17) is 5.11 Å². The SMILES string of the molecule is C=S(=O)(NCCO)c1ccc(Sc2cccc3c2C(=O)c2ccccc2C3=O)cc1. The summed E-state index contributed by atoms with van der Waals surface area (Å²) in [6.45, 7) is 0.0576. The van der Waals surface area contributed by atoms with Crippen molar-refractivity contribution < 1.29 is 18.9 Å². The summed E-state index contributed by atoms with van der Waals surface area (Å²) in [6.07, 6.45) is 0. The van der Waals surface area contributed by atoms with Gasteiger partial charge in [-0.1, -0.05) is 48.2 Å². The topological polar surface area (TPSA) is 83.5 Å². The second kappa shape index (κ2) is 8.20. The molecule has 2 N–H and O–H groups in total. The standard InChI is InChI=1S/C23H19NO4S2/c1-30(28,24-13-14-25)16-11-9-15(10-12-16)29-20-8-4-7-19-21(20)23(27)18-6-3-2-5-17(18)22(19)26/h2-12,25H,1,13-14H2,(H,24,28). The van der Waals surface area contributed by atoms with E-state index < -0.39 is 9.71 Å². The van der Waals surface area contributed by atoms with Crippen LogP contribution in [0.1, 0.15) is 31.8 Å². The van der Waals surface area contributed by atoms with Gasteiger partial charge < -0.3 is 5.11 Å². The smallest absolute Gasteiger partial charge is 0.195 e. The van der Waals surface area contributed by atoms with Crippen LogP contribution in [0.5, 0.6) is 0 Å². The van der Waals surface area contributed by atoms with Gasteiger partial charge in [0.25, 0.3) is 0 Å². The molecular formula is C23H19NO4S2. The average molecular weight is 438 g/mol. The van der Waals surface area contributed by atoms with Gasteiger partial charge >= 0.3 is 0 Å². The quantitative estimate of drug-likeness (QED) is 0.453. The molecule has 1 aliphatic rings. The fourth-order valence-corrected chi connectivity index (χ4v) is 5.49. The summed E-state index contributed by atoms with van der Waals surface area (Å²) in [4.78, 5) is 28.0. The highest BCUT2D eigenvalue weighted by Gasteiger charge is 2.31. The zero-order chi connectivity index (χ0) is 21.3. The lowest BCUT2D eigenvalue weighted by Gasteiger charge is -2.19. The minimum atomic E-state index is -2.69. The predicted molar refractivity (Wildman–Crippen MR) is 119 cm³/mol. The van der Waals surface area contributed by atoms with Crippen LogP contribution in [0.4, 0.5) is 0 Å². The molecule has 0 radical (unpaired) electrons. The first-order chi connectivity index (χ1) is 14.4. The maximum atomic E-state index is 13.1. The highest BCUT2D eigenvalue weighted by molar-refractivity contribution is 7.99. The van der Waals surface area contributed by atoms with Gasteiger partial charge in [-0.25, -0.2) is 8.93 Å². The van der Waals surface area contributed by atoms with Gasteiger partial charge in [0.15, 0.2) is 11.6 Å². The van der Waals surface area contributed by atoms with Crippen LogP contribution in [0.15, 0.2) is 81.4 Å². The van der Waals surface area contributed by atoms with E-state index in [0.717, 1.165) is 4.90 Å². The highest BCUT2D eigenvalue weighted by atomic mass is 32.2. The van der Waals surface area contributed by atoms with Gasteiger partial charge in [0.1, 0.15) is 0 Å². The fourth-order valence-electron chi connectivity index (χ4n) is 3.35. The molecule has 0 saturated carbocycles. The van der Waals surface area contributed by atoms with E-state index in [9.17, 15) is 13.8 Å². The number of rotatable bonds is 6. The number of carbonyl (C=O) groups is 2. The van der Waals surface area contributed by atoms with Crippen LogP contribution in [0.2, 0.25) is 0 Å². The zero-order valence-electron chi connectivity index (χ0n) is 16.0. The molecule has 3 aromatic carbocycles. The number of hydrogen-bond acceptors (Lipinski definition) is 5. The second-order valence-corrected chi connectivity index (χ2v) is 9.98. The van der Waals surface area contributed by atoms with Gasteiger partial charge in [-0.3, -0.25) is 9.59 Å². The zero-order valence-corrected chi connectivity index (χ0v) is 17.6. The Morgan fingerprint density at radius 2 is 1.50 bits per heavy atom. The van der Waals surface area contributed by atoms with Gasteiger partial charge in [0, 0.05) is 43.5 Å². The first-order valence-corrected chi connectivity index (χ1v) is 11.8. The van der Waals surface area contributed by atoms with E-state index in [1.54, 1.807) is 60.7 Å². The van der Waals surface area contributed by atoms with Crippen molar-refractivity contribution in [1.82, 2.24) is 4.72 Å². The average Bonchev–Trinajstić information content (AvgIpc) is 2.76. The Morgan fingerprint density at radius 3 is 2.17 bits per heavy atom. The maximum absolute atomic E-state index is 13.1. The molecule has 0 aromatic heterocycles. The van der Waals surface area contributed by atoms with E-state index in [0.29, 0.717) is 32.0 Å². The largest absolute Gasteiger partial charge is 0.395 e. The summed E-state index contributed by atoms with van der Waals surface area (Å²) in [7, 11) is -2.69. The molecule has 7 heteroatoms. The summed E-state index contributed by atoms with van der Waals surface area (Å²) < 4.78 is 15.3. The van der Waals surface area contributed by atoms with Gasteiger partial charge in [-0.05, 0) is 36.2 Å². The number of fused-ring (bicyclic) bond motifs is 2. The van der Waals surface area contributed by atoms with Gasteiger partial charge in [0.2, 0.25) is 0 Å². The van der Waals surface area contributed by atoms with Crippen LogP contribution in [-0.2, 0) is 9.71 Å². The van der Waals surface area contributed by atoms with Crippen molar-refractivity contribution in [3.63, 3.8) is 0 Å².